The molecule has 5 heteroatoms. The number of imidazole rings is 1. The Kier molecular flexibility index (Phi) is 4.97. The quantitative estimate of drug-likeness (QED) is 0.429. The van der Waals surface area contributed by atoms with Crippen LogP contribution in [0.15, 0.2) is 83.7 Å². The van der Waals surface area contributed by atoms with Gasteiger partial charge in [-0.15, -0.1) is 0 Å². The lowest BCUT2D eigenvalue weighted by Gasteiger charge is -2.10. The van der Waals surface area contributed by atoms with Crippen molar-refractivity contribution >= 4 is 16.7 Å². The van der Waals surface area contributed by atoms with E-state index < -0.39 is 0 Å². The third-order valence-corrected chi connectivity index (χ3v) is 5.81. The Balaban J connectivity index is 1.48. The van der Waals surface area contributed by atoms with Crippen molar-refractivity contribution in [3.8, 4) is 11.8 Å². The van der Waals surface area contributed by atoms with Crippen LogP contribution in [0.25, 0.3) is 16.7 Å². The van der Waals surface area contributed by atoms with E-state index in [1.54, 1.807) is 4.40 Å². The van der Waals surface area contributed by atoms with Crippen molar-refractivity contribution in [2.45, 2.75) is 20.0 Å². The van der Waals surface area contributed by atoms with Crippen LogP contribution in [-0.4, -0.2) is 9.38 Å². The van der Waals surface area contributed by atoms with Gasteiger partial charge in [0.25, 0.3) is 5.56 Å². The maximum absolute atomic E-state index is 13.4. The molecule has 2 aromatic heterocycles. The Hall–Kier alpha value is -4.30. The van der Waals surface area contributed by atoms with E-state index in [2.05, 4.69) is 11.1 Å². The number of fused-ring (bicyclic) bond motifs is 3. The molecule has 0 unspecified atom stereocenters. The summed E-state index contributed by atoms with van der Waals surface area (Å²) in [6, 6.07) is 27.7. The summed E-state index contributed by atoms with van der Waals surface area (Å²) in [4.78, 5) is 16.7. The summed E-state index contributed by atoms with van der Waals surface area (Å²) in [5.41, 5.74) is 5.99. The van der Waals surface area contributed by atoms with Gasteiger partial charge in [0.2, 0.25) is 0 Å². The van der Waals surface area contributed by atoms with Crippen LogP contribution in [0.5, 0.6) is 5.75 Å². The second-order valence-electron chi connectivity index (χ2n) is 7.82. The van der Waals surface area contributed by atoms with Gasteiger partial charge in [-0.1, -0.05) is 54.6 Å². The minimum atomic E-state index is -0.0987. The fourth-order valence-electron chi connectivity index (χ4n) is 4.08. The molecule has 0 saturated carbocycles. The van der Waals surface area contributed by atoms with Gasteiger partial charge in [-0.25, -0.2) is 0 Å². The second kappa shape index (κ2) is 8.09. The lowest BCUT2D eigenvalue weighted by Crippen LogP contribution is -2.21. The molecular formula is C27H21N3O2. The molecule has 0 atom stereocenters. The number of rotatable bonds is 5. The molecule has 0 aliphatic carbocycles. The van der Waals surface area contributed by atoms with E-state index in [1.807, 2.05) is 85.8 Å². The zero-order valence-electron chi connectivity index (χ0n) is 17.6. The number of nitrogens with one attached hydrogen (secondary N) is 1. The summed E-state index contributed by atoms with van der Waals surface area (Å²) in [6.45, 7) is 2.35. The number of para-hydroxylation sites is 2. The predicted molar refractivity (Wildman–Crippen MR) is 125 cm³/mol. The van der Waals surface area contributed by atoms with Crippen LogP contribution >= 0.6 is 0 Å². The first-order valence-electron chi connectivity index (χ1n) is 10.5. The van der Waals surface area contributed by atoms with Gasteiger partial charge in [-0.3, -0.25) is 9.20 Å². The third kappa shape index (κ3) is 3.42. The molecule has 0 bridgehead atoms. The van der Waals surface area contributed by atoms with E-state index in [0.29, 0.717) is 35.4 Å². The van der Waals surface area contributed by atoms with E-state index in [1.165, 1.54) is 0 Å². The molecule has 1 N–H and O–H groups in total. The Morgan fingerprint density at radius 2 is 1.66 bits per heavy atom. The highest BCUT2D eigenvalue weighted by Crippen LogP contribution is 2.23. The van der Waals surface area contributed by atoms with Crippen LogP contribution in [0.1, 0.15) is 27.8 Å². The van der Waals surface area contributed by atoms with Crippen LogP contribution in [0.2, 0.25) is 0 Å². The van der Waals surface area contributed by atoms with Gasteiger partial charge >= 0.3 is 0 Å². The number of aromatic nitrogens is 2. The average molecular weight is 419 g/mol. The highest BCUT2D eigenvalue weighted by molar-refractivity contribution is 5.83. The number of H-pyrrole nitrogens is 1. The summed E-state index contributed by atoms with van der Waals surface area (Å²) in [6.07, 6.45) is 0.445. The summed E-state index contributed by atoms with van der Waals surface area (Å²) in [5.74, 6) is 0.774. The molecule has 0 aliphatic heterocycles. The second-order valence-corrected chi connectivity index (χ2v) is 7.82. The number of aromatic amines is 1. The highest BCUT2D eigenvalue weighted by atomic mass is 16.5. The van der Waals surface area contributed by atoms with E-state index in [-0.39, 0.29) is 5.56 Å². The van der Waals surface area contributed by atoms with Gasteiger partial charge in [0.1, 0.15) is 24.1 Å². The van der Waals surface area contributed by atoms with Crippen LogP contribution in [0.4, 0.5) is 0 Å². The average Bonchev–Trinajstić information content (AvgIpc) is 3.21. The number of hydrogen-bond acceptors (Lipinski definition) is 3. The SMILES string of the molecule is Cc1c(Cc2ccc(OCc3ccccc3)cc2)c(=O)n2c([nH]c3ccccc32)c1C#N. The molecule has 0 fully saturated rings. The number of ether oxygens (including phenoxy) is 1. The standard InChI is InChI=1S/C27H21N3O2/c1-18-22(15-19-11-13-21(14-12-19)32-17-20-7-3-2-4-8-20)27(31)30-25-10-6-5-9-24(25)29-26(30)23(18)16-28/h2-14,29H,15,17H2,1H3. The molecule has 3 aromatic carbocycles. The smallest absolute Gasteiger partial charge is 0.260 e. The third-order valence-electron chi connectivity index (χ3n) is 5.81. The maximum Gasteiger partial charge on any atom is 0.260 e. The highest BCUT2D eigenvalue weighted by Gasteiger charge is 2.18. The maximum atomic E-state index is 13.4. The molecular weight excluding hydrogens is 398 g/mol. The van der Waals surface area contributed by atoms with Crippen molar-refractivity contribution in [3.63, 3.8) is 0 Å². The van der Waals surface area contributed by atoms with Crippen molar-refractivity contribution in [2.75, 3.05) is 0 Å². The topological polar surface area (TPSA) is 70.3 Å². The first-order valence-corrected chi connectivity index (χ1v) is 10.5. The van der Waals surface area contributed by atoms with Crippen molar-refractivity contribution in [1.29, 1.82) is 5.26 Å². The number of benzene rings is 3. The van der Waals surface area contributed by atoms with Gasteiger partial charge in [-0.05, 0) is 47.9 Å². The van der Waals surface area contributed by atoms with Gasteiger partial charge < -0.3 is 9.72 Å². The zero-order chi connectivity index (χ0) is 22.1. The molecule has 2 heterocycles. The largest absolute Gasteiger partial charge is 0.489 e. The molecule has 0 amide bonds. The van der Waals surface area contributed by atoms with E-state index in [0.717, 1.165) is 27.9 Å². The molecule has 5 aromatic rings. The minimum Gasteiger partial charge on any atom is -0.489 e. The summed E-state index contributed by atoms with van der Waals surface area (Å²) < 4.78 is 7.48. The molecule has 156 valence electrons. The van der Waals surface area contributed by atoms with Crippen molar-refractivity contribution in [1.82, 2.24) is 9.38 Å². The first kappa shape index (κ1) is 19.7. The minimum absolute atomic E-state index is 0.0987. The van der Waals surface area contributed by atoms with E-state index in [9.17, 15) is 10.1 Å². The molecule has 5 nitrogen and oxygen atoms in total. The Morgan fingerprint density at radius 1 is 0.938 bits per heavy atom. The van der Waals surface area contributed by atoms with Crippen molar-refractivity contribution < 1.29 is 4.74 Å². The van der Waals surface area contributed by atoms with E-state index in [4.69, 9.17) is 4.74 Å². The molecule has 0 aliphatic rings. The van der Waals surface area contributed by atoms with Crippen LogP contribution in [0, 0.1) is 18.3 Å². The van der Waals surface area contributed by atoms with Crippen LogP contribution < -0.4 is 10.3 Å². The van der Waals surface area contributed by atoms with Crippen molar-refractivity contribution in [2.24, 2.45) is 0 Å². The van der Waals surface area contributed by atoms with Gasteiger partial charge in [0, 0.05) is 12.0 Å². The number of pyridine rings is 1. The molecule has 0 radical (unpaired) electrons. The fraction of sp³-hybridized carbons (Fsp3) is 0.111. The van der Waals surface area contributed by atoms with Gasteiger partial charge in [0.05, 0.1) is 16.6 Å². The zero-order valence-corrected chi connectivity index (χ0v) is 17.6. The number of nitrogens with zero attached hydrogens (tertiary/aromatic N) is 2. The lowest BCUT2D eigenvalue weighted by molar-refractivity contribution is 0.306. The first-order chi connectivity index (χ1) is 15.7. The molecule has 32 heavy (non-hydrogen) atoms. The molecule has 0 saturated heterocycles. The summed E-state index contributed by atoms with van der Waals surface area (Å²) >= 11 is 0. The lowest BCUT2D eigenvalue weighted by atomic mass is 9.99. The Bertz CT molecular complexity index is 1520. The van der Waals surface area contributed by atoms with Crippen LogP contribution in [0.3, 0.4) is 0 Å². The van der Waals surface area contributed by atoms with Crippen molar-refractivity contribution in [3.05, 3.63) is 117 Å². The molecule has 0 spiro atoms. The Labute approximate surface area is 185 Å². The summed E-state index contributed by atoms with van der Waals surface area (Å²) in [7, 11) is 0. The molecule has 5 rings (SSSR count). The monoisotopic (exact) mass is 419 g/mol. The number of hydrogen-bond donors (Lipinski definition) is 1. The number of nitriles is 1. The Morgan fingerprint density at radius 3 is 2.41 bits per heavy atom. The van der Waals surface area contributed by atoms with Gasteiger partial charge in [0.15, 0.2) is 0 Å². The van der Waals surface area contributed by atoms with Gasteiger partial charge in [-0.2, -0.15) is 5.26 Å². The normalized spacial score (nSPS) is 11.0. The predicted octanol–water partition coefficient (Wildman–Crippen LogP) is 5.13. The van der Waals surface area contributed by atoms with E-state index >= 15 is 0 Å². The summed E-state index contributed by atoms with van der Waals surface area (Å²) in [5, 5.41) is 9.81. The van der Waals surface area contributed by atoms with Crippen LogP contribution in [-0.2, 0) is 13.0 Å². The fourth-order valence-corrected chi connectivity index (χ4v) is 4.08.